The van der Waals surface area contributed by atoms with E-state index in [2.05, 4.69) is 15.3 Å². The standard InChI is InChI=1S/C20H20ClN3O2/c1-11-4-5-16(21)15(6-11)17-9-22-19(23-17)20(26)24-18-12(2)7-14(10-25)8-13(18)3/h4-9,25H,10H2,1-3H3,(H,22,23)(H,24,26). The van der Waals surface area contributed by atoms with Crippen molar-refractivity contribution in [3.8, 4) is 11.3 Å². The van der Waals surface area contributed by atoms with Crippen LogP contribution in [0.15, 0.2) is 36.5 Å². The molecule has 5 nitrogen and oxygen atoms in total. The third kappa shape index (κ3) is 3.64. The number of amides is 1. The number of benzene rings is 2. The van der Waals surface area contributed by atoms with Gasteiger partial charge in [-0.3, -0.25) is 4.79 Å². The lowest BCUT2D eigenvalue weighted by Gasteiger charge is -2.12. The monoisotopic (exact) mass is 369 g/mol. The summed E-state index contributed by atoms with van der Waals surface area (Å²) in [5.74, 6) is -0.120. The largest absolute Gasteiger partial charge is 0.392 e. The van der Waals surface area contributed by atoms with Gasteiger partial charge in [-0.25, -0.2) is 4.98 Å². The summed E-state index contributed by atoms with van der Waals surface area (Å²) in [7, 11) is 0. The van der Waals surface area contributed by atoms with Crippen LogP contribution in [-0.2, 0) is 6.61 Å². The van der Waals surface area contributed by atoms with Crippen LogP contribution in [0, 0.1) is 20.8 Å². The number of aliphatic hydroxyl groups excluding tert-OH is 1. The fourth-order valence-corrected chi connectivity index (χ4v) is 3.15. The van der Waals surface area contributed by atoms with Crippen molar-refractivity contribution < 1.29 is 9.90 Å². The van der Waals surface area contributed by atoms with Gasteiger partial charge in [0.2, 0.25) is 0 Å². The zero-order chi connectivity index (χ0) is 18.8. The van der Waals surface area contributed by atoms with Crippen LogP contribution in [0.2, 0.25) is 5.02 Å². The van der Waals surface area contributed by atoms with Crippen LogP contribution in [0.5, 0.6) is 0 Å². The number of imidazole rings is 1. The number of carbonyl (C=O) groups excluding carboxylic acids is 1. The minimum absolute atomic E-state index is 0.0330. The molecule has 3 aromatic rings. The third-order valence-corrected chi connectivity index (χ3v) is 4.55. The molecule has 3 rings (SSSR count). The number of nitrogens with zero attached hydrogens (tertiary/aromatic N) is 1. The van der Waals surface area contributed by atoms with E-state index in [4.69, 9.17) is 11.6 Å². The molecular weight excluding hydrogens is 350 g/mol. The van der Waals surface area contributed by atoms with E-state index < -0.39 is 0 Å². The lowest BCUT2D eigenvalue weighted by Crippen LogP contribution is -2.15. The van der Waals surface area contributed by atoms with Crippen molar-refractivity contribution in [2.45, 2.75) is 27.4 Å². The van der Waals surface area contributed by atoms with Crippen molar-refractivity contribution >= 4 is 23.2 Å². The molecule has 1 heterocycles. The highest BCUT2D eigenvalue weighted by Crippen LogP contribution is 2.28. The molecule has 0 aliphatic carbocycles. The number of H-pyrrole nitrogens is 1. The Bertz CT molecular complexity index is 956. The number of carbonyl (C=O) groups is 1. The topological polar surface area (TPSA) is 78.0 Å². The smallest absolute Gasteiger partial charge is 0.291 e. The van der Waals surface area contributed by atoms with Crippen LogP contribution >= 0.6 is 11.6 Å². The van der Waals surface area contributed by atoms with Crippen LogP contribution in [0.25, 0.3) is 11.3 Å². The third-order valence-electron chi connectivity index (χ3n) is 4.22. The summed E-state index contributed by atoms with van der Waals surface area (Å²) < 4.78 is 0. The van der Waals surface area contributed by atoms with Gasteiger partial charge in [0.1, 0.15) is 0 Å². The number of halogens is 1. The van der Waals surface area contributed by atoms with Crippen LogP contribution < -0.4 is 5.32 Å². The number of hydrogen-bond donors (Lipinski definition) is 3. The highest BCUT2D eigenvalue weighted by Gasteiger charge is 2.15. The van der Waals surface area contributed by atoms with Gasteiger partial charge < -0.3 is 15.4 Å². The molecule has 0 saturated heterocycles. The van der Waals surface area contributed by atoms with Gasteiger partial charge in [-0.15, -0.1) is 0 Å². The van der Waals surface area contributed by atoms with Gasteiger partial charge >= 0.3 is 0 Å². The average Bonchev–Trinajstić information content (AvgIpc) is 3.09. The Morgan fingerprint density at radius 1 is 1.19 bits per heavy atom. The molecule has 0 radical (unpaired) electrons. The van der Waals surface area contributed by atoms with E-state index in [1.807, 2.05) is 51.1 Å². The van der Waals surface area contributed by atoms with Gasteiger partial charge in [0.15, 0.2) is 5.82 Å². The molecule has 2 aromatic carbocycles. The first kappa shape index (κ1) is 18.2. The second kappa shape index (κ2) is 7.32. The molecule has 0 aliphatic rings. The molecule has 1 aromatic heterocycles. The SMILES string of the molecule is Cc1ccc(Cl)c(-c2cnc(C(=O)Nc3c(C)cc(CO)cc3C)[nH]2)c1. The van der Waals surface area contributed by atoms with E-state index in [0.717, 1.165) is 33.5 Å². The highest BCUT2D eigenvalue weighted by atomic mass is 35.5. The number of anilines is 1. The summed E-state index contributed by atoms with van der Waals surface area (Å²) in [5.41, 5.74) is 5.86. The number of aliphatic hydroxyl groups is 1. The molecule has 26 heavy (non-hydrogen) atoms. The Morgan fingerprint density at radius 2 is 1.88 bits per heavy atom. The summed E-state index contributed by atoms with van der Waals surface area (Å²) in [5, 5.41) is 12.8. The molecule has 3 N–H and O–H groups in total. The minimum Gasteiger partial charge on any atom is -0.392 e. The summed E-state index contributed by atoms with van der Waals surface area (Å²) in [6, 6.07) is 9.39. The Kier molecular flexibility index (Phi) is 5.11. The van der Waals surface area contributed by atoms with Crippen LogP contribution in [-0.4, -0.2) is 21.0 Å². The molecule has 0 unspecified atom stereocenters. The molecule has 0 atom stereocenters. The van der Waals surface area contributed by atoms with Gasteiger partial charge in [-0.05, 0) is 49.6 Å². The predicted octanol–water partition coefficient (Wildman–Crippen LogP) is 4.40. The lowest BCUT2D eigenvalue weighted by atomic mass is 10.0. The number of aromatic nitrogens is 2. The average molecular weight is 370 g/mol. The molecule has 0 spiro atoms. The van der Waals surface area contributed by atoms with Crippen molar-refractivity contribution in [3.05, 3.63) is 69.6 Å². The van der Waals surface area contributed by atoms with Gasteiger partial charge in [-0.1, -0.05) is 35.4 Å². The van der Waals surface area contributed by atoms with E-state index in [-0.39, 0.29) is 18.3 Å². The van der Waals surface area contributed by atoms with E-state index in [1.54, 1.807) is 6.20 Å². The van der Waals surface area contributed by atoms with Crippen molar-refractivity contribution in [2.24, 2.45) is 0 Å². The lowest BCUT2D eigenvalue weighted by molar-refractivity contribution is 0.101. The first-order valence-electron chi connectivity index (χ1n) is 8.23. The summed E-state index contributed by atoms with van der Waals surface area (Å²) in [6.45, 7) is 5.73. The van der Waals surface area contributed by atoms with Gasteiger partial charge in [0.05, 0.1) is 18.5 Å². The number of rotatable bonds is 4. The maximum atomic E-state index is 12.6. The molecule has 6 heteroatoms. The van der Waals surface area contributed by atoms with Crippen molar-refractivity contribution in [1.82, 2.24) is 9.97 Å². The normalized spacial score (nSPS) is 10.8. The van der Waals surface area contributed by atoms with Gasteiger partial charge in [0.25, 0.3) is 5.91 Å². The highest BCUT2D eigenvalue weighted by molar-refractivity contribution is 6.33. The van der Waals surface area contributed by atoms with Crippen LogP contribution in [0.3, 0.4) is 0 Å². The number of hydrogen-bond acceptors (Lipinski definition) is 3. The molecule has 1 amide bonds. The van der Waals surface area contributed by atoms with Crippen LogP contribution in [0.1, 0.15) is 32.9 Å². The fourth-order valence-electron chi connectivity index (χ4n) is 2.93. The van der Waals surface area contributed by atoms with E-state index in [0.29, 0.717) is 10.7 Å². The van der Waals surface area contributed by atoms with Crippen LogP contribution in [0.4, 0.5) is 5.69 Å². The molecule has 134 valence electrons. The number of aryl methyl sites for hydroxylation is 3. The Labute approximate surface area is 157 Å². The molecule has 0 fully saturated rings. The van der Waals surface area contributed by atoms with Gasteiger partial charge in [0, 0.05) is 16.3 Å². The summed E-state index contributed by atoms with van der Waals surface area (Å²) >= 11 is 6.25. The number of nitrogens with one attached hydrogen (secondary N) is 2. The van der Waals surface area contributed by atoms with E-state index >= 15 is 0 Å². The summed E-state index contributed by atoms with van der Waals surface area (Å²) in [4.78, 5) is 19.8. The zero-order valence-electron chi connectivity index (χ0n) is 14.9. The zero-order valence-corrected chi connectivity index (χ0v) is 15.6. The first-order valence-corrected chi connectivity index (χ1v) is 8.60. The van der Waals surface area contributed by atoms with E-state index in [9.17, 15) is 9.90 Å². The minimum atomic E-state index is -0.331. The maximum absolute atomic E-state index is 12.6. The fraction of sp³-hybridized carbons (Fsp3) is 0.200. The predicted molar refractivity (Wildman–Crippen MR) is 104 cm³/mol. The first-order chi connectivity index (χ1) is 12.4. The van der Waals surface area contributed by atoms with E-state index in [1.165, 1.54) is 0 Å². The Hall–Kier alpha value is -2.63. The van der Waals surface area contributed by atoms with Crippen molar-refractivity contribution in [3.63, 3.8) is 0 Å². The molecular formula is C20H20ClN3O2. The number of aromatic amines is 1. The maximum Gasteiger partial charge on any atom is 0.291 e. The Balaban J connectivity index is 1.86. The second-order valence-corrected chi connectivity index (χ2v) is 6.75. The Morgan fingerprint density at radius 3 is 2.54 bits per heavy atom. The quantitative estimate of drug-likeness (QED) is 0.637. The molecule has 0 bridgehead atoms. The summed E-state index contributed by atoms with van der Waals surface area (Å²) in [6.07, 6.45) is 1.60. The van der Waals surface area contributed by atoms with Crippen molar-refractivity contribution in [2.75, 3.05) is 5.32 Å². The molecule has 0 saturated carbocycles. The second-order valence-electron chi connectivity index (χ2n) is 6.35. The van der Waals surface area contributed by atoms with Gasteiger partial charge in [-0.2, -0.15) is 0 Å². The molecule has 0 aliphatic heterocycles. The van der Waals surface area contributed by atoms with Crippen molar-refractivity contribution in [1.29, 1.82) is 0 Å².